The molecule has 0 spiro atoms. The number of carbonyl (C=O) groups is 4. The second kappa shape index (κ2) is 23.0. The Morgan fingerprint density at radius 3 is 0.860 bits per heavy atom. The van der Waals surface area contributed by atoms with Gasteiger partial charge in [0.15, 0.2) is 0 Å². The van der Waals surface area contributed by atoms with Crippen LogP contribution in [0.1, 0.15) is 59.8 Å². The molecule has 0 amide bonds. The smallest absolute Gasteiger partial charge is 0.870 e. The molecule has 50 heavy (non-hydrogen) atoms. The first kappa shape index (κ1) is 46.3. The predicted octanol–water partition coefficient (Wildman–Crippen LogP) is 6.28. The van der Waals surface area contributed by atoms with Gasteiger partial charge in [0.05, 0.1) is 36.9 Å². The molecule has 4 unspecified atom stereocenters. The van der Waals surface area contributed by atoms with E-state index in [-0.39, 0.29) is 70.1 Å². The standard InChI is InChI=1S/C20H20Br2O4.C16H12Br2O4.K.H2O/c1-3-25-19(23)17(13-5-9-15(21)10-6-13)18(20(24)26-4-2)14-7-11-16(22)12-8-14;17-11-5-1-9(2-6-11)13(15(19)20)14(16(21)22)10-3-7-12(18)8-4-10;;/h5-12,17-18H,3-4H2,1-2H3;1-8,13-14H,(H,19,20)(H,21,22);;1H2/q;;+1;/p-1. The molecule has 0 radical (unpaired) electrons. The number of carbonyl (C=O) groups excluding carboxylic acids is 2. The summed E-state index contributed by atoms with van der Waals surface area (Å²) in [6.07, 6.45) is 0. The van der Waals surface area contributed by atoms with Crippen molar-refractivity contribution in [2.45, 2.75) is 37.5 Å². The van der Waals surface area contributed by atoms with Crippen LogP contribution in [0.15, 0.2) is 115 Å². The first-order valence-electron chi connectivity index (χ1n) is 14.7. The average Bonchev–Trinajstić information content (AvgIpc) is 3.05. The summed E-state index contributed by atoms with van der Waals surface area (Å²) in [5.74, 6) is -7.13. The monoisotopic (exact) mass is 964 g/mol. The quantitative estimate of drug-likeness (QED) is 0.123. The summed E-state index contributed by atoms with van der Waals surface area (Å²) in [5, 5.41) is 19.1. The van der Waals surface area contributed by atoms with Gasteiger partial charge >= 0.3 is 75.3 Å². The predicted molar refractivity (Wildman–Crippen MR) is 198 cm³/mol. The Morgan fingerprint density at radius 2 is 0.680 bits per heavy atom. The summed E-state index contributed by atoms with van der Waals surface area (Å²) in [7, 11) is 0. The van der Waals surface area contributed by atoms with Crippen molar-refractivity contribution in [1.82, 2.24) is 0 Å². The molecule has 0 heterocycles. The number of esters is 2. The van der Waals surface area contributed by atoms with E-state index in [1.54, 1.807) is 62.4 Å². The van der Waals surface area contributed by atoms with Crippen molar-refractivity contribution in [1.29, 1.82) is 0 Å². The van der Waals surface area contributed by atoms with Gasteiger partial charge < -0.3 is 25.2 Å². The van der Waals surface area contributed by atoms with E-state index < -0.39 is 47.5 Å². The average molecular weight is 968 g/mol. The second-order valence-corrected chi connectivity index (χ2v) is 14.0. The molecule has 0 aromatic heterocycles. The van der Waals surface area contributed by atoms with Crippen LogP contribution in [0.2, 0.25) is 0 Å². The number of carboxylic acids is 2. The molecule has 0 aliphatic rings. The molecule has 0 aliphatic carbocycles. The van der Waals surface area contributed by atoms with Gasteiger partial charge in [-0.05, 0) is 84.6 Å². The van der Waals surface area contributed by atoms with Gasteiger partial charge in [-0.3, -0.25) is 19.2 Å². The zero-order valence-electron chi connectivity index (χ0n) is 27.3. The molecule has 0 saturated heterocycles. The zero-order valence-corrected chi connectivity index (χ0v) is 36.7. The van der Waals surface area contributed by atoms with E-state index in [0.29, 0.717) is 22.3 Å². The summed E-state index contributed by atoms with van der Waals surface area (Å²) in [6, 6.07) is 27.9. The minimum atomic E-state index is -1.17. The van der Waals surface area contributed by atoms with Crippen LogP contribution in [0.5, 0.6) is 0 Å². The van der Waals surface area contributed by atoms with Crippen molar-refractivity contribution in [2.24, 2.45) is 0 Å². The number of halogens is 4. The van der Waals surface area contributed by atoms with Gasteiger partial charge in [-0.25, -0.2) is 0 Å². The summed E-state index contributed by atoms with van der Waals surface area (Å²) in [5.41, 5.74) is 2.30. The third-order valence-corrected chi connectivity index (χ3v) is 9.31. The van der Waals surface area contributed by atoms with Gasteiger partial charge in [0.1, 0.15) is 0 Å². The summed E-state index contributed by atoms with van der Waals surface area (Å²) in [4.78, 5) is 48.9. The Labute approximate surface area is 366 Å². The minimum absolute atomic E-state index is 0. The summed E-state index contributed by atoms with van der Waals surface area (Å²) >= 11 is 13.3. The topological polar surface area (TPSA) is 157 Å². The van der Waals surface area contributed by atoms with Crippen LogP contribution in [0.25, 0.3) is 0 Å². The van der Waals surface area contributed by atoms with Gasteiger partial charge in [-0.2, -0.15) is 0 Å². The Kier molecular flexibility index (Phi) is 21.3. The van der Waals surface area contributed by atoms with Gasteiger partial charge in [-0.15, -0.1) is 0 Å². The molecule has 14 heteroatoms. The fraction of sp³-hybridized carbons (Fsp3) is 0.222. The fourth-order valence-electron chi connectivity index (χ4n) is 5.03. The van der Waals surface area contributed by atoms with Crippen molar-refractivity contribution in [2.75, 3.05) is 13.2 Å². The Balaban J connectivity index is 0.000000487. The number of rotatable bonds is 12. The zero-order chi connectivity index (χ0) is 35.4. The van der Waals surface area contributed by atoms with Crippen LogP contribution >= 0.6 is 63.7 Å². The molecule has 9 nitrogen and oxygen atoms in total. The van der Waals surface area contributed by atoms with E-state index in [1.807, 2.05) is 48.5 Å². The molecule has 4 rings (SSSR count). The van der Waals surface area contributed by atoms with Gasteiger partial charge in [0.2, 0.25) is 0 Å². The van der Waals surface area contributed by atoms with Crippen LogP contribution in [-0.2, 0) is 28.7 Å². The van der Waals surface area contributed by atoms with Gasteiger partial charge in [0, 0.05) is 17.9 Å². The van der Waals surface area contributed by atoms with Crippen LogP contribution in [0, 0.1) is 0 Å². The van der Waals surface area contributed by atoms with Crippen LogP contribution in [0.3, 0.4) is 0 Å². The molecule has 0 saturated carbocycles. The molecule has 4 aromatic rings. The largest absolute Gasteiger partial charge is 1.00 e. The fourth-order valence-corrected chi connectivity index (χ4v) is 6.09. The van der Waals surface area contributed by atoms with Crippen molar-refractivity contribution in [3.8, 4) is 0 Å². The maximum Gasteiger partial charge on any atom is 1.00 e. The van der Waals surface area contributed by atoms with E-state index in [9.17, 15) is 29.4 Å². The first-order valence-corrected chi connectivity index (χ1v) is 17.9. The van der Waals surface area contributed by atoms with E-state index in [2.05, 4.69) is 63.7 Å². The van der Waals surface area contributed by atoms with Crippen molar-refractivity contribution in [3.05, 3.63) is 137 Å². The van der Waals surface area contributed by atoms with Crippen molar-refractivity contribution < 1.29 is 95.7 Å². The van der Waals surface area contributed by atoms with Crippen LogP contribution in [0.4, 0.5) is 0 Å². The number of benzene rings is 4. The van der Waals surface area contributed by atoms with E-state index in [0.717, 1.165) is 17.9 Å². The maximum atomic E-state index is 12.8. The third kappa shape index (κ3) is 13.4. The number of ether oxygens (including phenoxy) is 2. The SMILES string of the molecule is CCOC(=O)C(c1ccc(Br)cc1)C(C(=O)OCC)c1ccc(Br)cc1.O=C(O)C(c1ccc(Br)cc1)C(C(=O)O)c1ccc(Br)cc1.[K+].[OH-]. The van der Waals surface area contributed by atoms with E-state index in [4.69, 9.17) is 9.47 Å². The molecular weight excluding hydrogens is 935 g/mol. The number of hydrogen-bond donors (Lipinski definition) is 2. The molecular formula is C36H33Br4KO9. The van der Waals surface area contributed by atoms with Gasteiger partial charge in [-0.1, -0.05) is 112 Å². The van der Waals surface area contributed by atoms with E-state index >= 15 is 0 Å². The van der Waals surface area contributed by atoms with Gasteiger partial charge in [0.25, 0.3) is 0 Å². The Bertz CT molecular complexity index is 1560. The van der Waals surface area contributed by atoms with E-state index in [1.165, 1.54) is 0 Å². The molecule has 0 fully saturated rings. The summed E-state index contributed by atoms with van der Waals surface area (Å²) < 4.78 is 13.9. The number of carboxylic acid groups (broad SMARTS) is 2. The first-order chi connectivity index (χ1) is 22.9. The maximum absolute atomic E-state index is 12.8. The molecule has 3 N–H and O–H groups in total. The number of aliphatic carboxylic acids is 2. The molecule has 0 aliphatic heterocycles. The third-order valence-electron chi connectivity index (χ3n) is 7.20. The molecule has 260 valence electrons. The Morgan fingerprint density at radius 1 is 0.480 bits per heavy atom. The van der Waals surface area contributed by atoms with Crippen molar-refractivity contribution in [3.63, 3.8) is 0 Å². The van der Waals surface area contributed by atoms with Crippen LogP contribution < -0.4 is 51.4 Å². The Hall–Kier alpha value is -1.72. The molecule has 4 atom stereocenters. The minimum Gasteiger partial charge on any atom is -0.870 e. The molecule has 4 aromatic carbocycles. The second-order valence-electron chi connectivity index (χ2n) is 10.3. The number of hydrogen-bond acceptors (Lipinski definition) is 7. The normalized spacial score (nSPS) is 12.6. The molecule has 0 bridgehead atoms. The summed E-state index contributed by atoms with van der Waals surface area (Å²) in [6.45, 7) is 3.97. The van der Waals surface area contributed by atoms with Crippen molar-refractivity contribution >= 4 is 87.6 Å². The van der Waals surface area contributed by atoms with Crippen LogP contribution in [-0.4, -0.2) is 52.8 Å².